The van der Waals surface area contributed by atoms with Crippen LogP contribution in [0.25, 0.3) is 0 Å². The fourth-order valence-electron chi connectivity index (χ4n) is 5.10. The van der Waals surface area contributed by atoms with Crippen molar-refractivity contribution in [1.82, 2.24) is 0 Å². The Morgan fingerprint density at radius 1 is 0.457 bits per heavy atom. The minimum Gasteiger partial charge on any atom is -0.481 e. The molecule has 0 aromatic rings. The molecule has 0 aromatic carbocycles. The molecule has 1 unspecified atom stereocenters. The first kappa shape index (κ1) is 34.1. The van der Waals surface area contributed by atoms with Gasteiger partial charge < -0.3 is 5.11 Å². The molecule has 0 aliphatic rings. The van der Waals surface area contributed by atoms with Crippen LogP contribution in [-0.2, 0) is 9.59 Å². The van der Waals surface area contributed by atoms with Crippen molar-refractivity contribution < 1.29 is 14.7 Å². The largest absolute Gasteiger partial charge is 0.481 e. The molecule has 0 aliphatic heterocycles. The van der Waals surface area contributed by atoms with E-state index in [4.69, 9.17) is 0 Å². The summed E-state index contributed by atoms with van der Waals surface area (Å²) in [6.07, 6.45) is 32.9. The van der Waals surface area contributed by atoms with Crippen molar-refractivity contribution in [3.63, 3.8) is 0 Å². The summed E-state index contributed by atoms with van der Waals surface area (Å²) in [7, 11) is 0. The van der Waals surface area contributed by atoms with Gasteiger partial charge in [-0.15, -0.1) is 0 Å². The van der Waals surface area contributed by atoms with Crippen LogP contribution in [-0.4, -0.2) is 16.9 Å². The van der Waals surface area contributed by atoms with E-state index in [0.29, 0.717) is 12.8 Å². The molecule has 1 N–H and O–H groups in total. The van der Waals surface area contributed by atoms with Gasteiger partial charge in [0.1, 0.15) is 11.7 Å². The molecule has 0 fully saturated rings. The minimum atomic E-state index is -0.910. The average Bonchev–Trinajstić information content (AvgIpc) is 2.84. The molecule has 0 heterocycles. The van der Waals surface area contributed by atoms with Crippen molar-refractivity contribution in [3.05, 3.63) is 0 Å². The molecule has 1 atom stereocenters. The first-order chi connectivity index (χ1) is 17.1. The Kier molecular flexibility index (Phi) is 27.0. The standard InChI is InChI=1S/C32H62O3/c1-3-5-7-9-11-13-14-15-16-17-18-19-21-22-24-26-28-30(32(34)35)31(33)29-27-25-23-20-12-10-8-6-4-2/h30H,3-29H2,1-2H3,(H,34,35). The quantitative estimate of drug-likeness (QED) is 0.0830. The average molecular weight is 495 g/mol. The third-order valence-electron chi connectivity index (χ3n) is 7.56. The monoisotopic (exact) mass is 494 g/mol. The molecular formula is C32H62O3. The Labute approximate surface area is 219 Å². The number of carbonyl (C=O) groups is 2. The predicted molar refractivity (Wildman–Crippen MR) is 152 cm³/mol. The fourth-order valence-corrected chi connectivity index (χ4v) is 5.10. The van der Waals surface area contributed by atoms with Crippen LogP contribution in [0.5, 0.6) is 0 Å². The first-order valence-electron chi connectivity index (χ1n) is 15.9. The summed E-state index contributed by atoms with van der Waals surface area (Å²) >= 11 is 0. The number of aliphatic carboxylic acids is 1. The SMILES string of the molecule is CCCCCCCCCCCCCCCCCCC(C(=O)O)C(=O)CCCCCCCCCCC. The molecule has 3 heteroatoms. The Hall–Kier alpha value is -0.860. The van der Waals surface area contributed by atoms with Crippen molar-refractivity contribution in [2.75, 3.05) is 0 Å². The van der Waals surface area contributed by atoms with E-state index in [0.717, 1.165) is 25.7 Å². The molecule has 0 saturated heterocycles. The number of carbonyl (C=O) groups excluding carboxylic acids is 1. The predicted octanol–water partition coefficient (Wildman–Crippen LogP) is 10.8. The summed E-state index contributed by atoms with van der Waals surface area (Å²) in [6, 6.07) is 0. The number of unbranched alkanes of at least 4 members (excludes halogenated alkanes) is 23. The lowest BCUT2D eigenvalue weighted by atomic mass is 9.93. The van der Waals surface area contributed by atoms with Crippen LogP contribution in [0.1, 0.15) is 187 Å². The summed E-state index contributed by atoms with van der Waals surface area (Å²) in [6.45, 7) is 4.51. The number of carboxylic acid groups (broad SMARTS) is 1. The van der Waals surface area contributed by atoms with Crippen LogP contribution in [0.4, 0.5) is 0 Å². The van der Waals surface area contributed by atoms with Crippen molar-refractivity contribution in [2.24, 2.45) is 5.92 Å². The van der Waals surface area contributed by atoms with Crippen molar-refractivity contribution >= 4 is 11.8 Å². The molecule has 0 rings (SSSR count). The molecule has 0 aliphatic carbocycles. The minimum absolute atomic E-state index is 0.0404. The molecule has 3 nitrogen and oxygen atoms in total. The molecule has 0 aromatic heterocycles. The normalized spacial score (nSPS) is 12.2. The summed E-state index contributed by atoms with van der Waals surface area (Å²) in [4.78, 5) is 24.0. The van der Waals surface area contributed by atoms with Gasteiger partial charge in [-0.3, -0.25) is 9.59 Å². The molecule has 0 saturated carbocycles. The van der Waals surface area contributed by atoms with Crippen molar-refractivity contribution in [3.8, 4) is 0 Å². The van der Waals surface area contributed by atoms with Gasteiger partial charge in [-0.05, 0) is 12.8 Å². The Morgan fingerprint density at radius 2 is 0.743 bits per heavy atom. The van der Waals surface area contributed by atoms with Gasteiger partial charge in [0.25, 0.3) is 0 Å². The Balaban J connectivity index is 3.54. The summed E-state index contributed by atoms with van der Waals surface area (Å²) in [5.74, 6) is -1.72. The van der Waals surface area contributed by atoms with Gasteiger partial charge in [0.15, 0.2) is 0 Å². The van der Waals surface area contributed by atoms with Crippen LogP contribution in [0, 0.1) is 5.92 Å². The van der Waals surface area contributed by atoms with E-state index in [1.165, 1.54) is 135 Å². The van der Waals surface area contributed by atoms with E-state index >= 15 is 0 Å². The van der Waals surface area contributed by atoms with E-state index in [-0.39, 0.29) is 5.78 Å². The number of carboxylic acids is 1. The van der Waals surface area contributed by atoms with E-state index in [9.17, 15) is 14.7 Å². The summed E-state index contributed by atoms with van der Waals surface area (Å²) in [5, 5.41) is 9.49. The van der Waals surface area contributed by atoms with E-state index in [1.54, 1.807) is 0 Å². The van der Waals surface area contributed by atoms with Gasteiger partial charge in [-0.1, -0.05) is 168 Å². The molecule has 35 heavy (non-hydrogen) atoms. The molecule has 0 bridgehead atoms. The van der Waals surface area contributed by atoms with Gasteiger partial charge in [-0.2, -0.15) is 0 Å². The lowest BCUT2D eigenvalue weighted by Crippen LogP contribution is -2.23. The molecule has 208 valence electrons. The maximum atomic E-state index is 12.4. The highest BCUT2D eigenvalue weighted by Gasteiger charge is 2.24. The second-order valence-corrected chi connectivity index (χ2v) is 11.0. The number of hydrogen-bond acceptors (Lipinski definition) is 2. The maximum Gasteiger partial charge on any atom is 0.314 e. The van der Waals surface area contributed by atoms with Crippen molar-refractivity contribution in [1.29, 1.82) is 0 Å². The third kappa shape index (κ3) is 24.6. The number of Topliss-reactive ketones (excluding diaryl/α,β-unsaturated/α-hetero) is 1. The van der Waals surface area contributed by atoms with E-state index < -0.39 is 11.9 Å². The molecular weight excluding hydrogens is 432 g/mol. The highest BCUT2D eigenvalue weighted by Crippen LogP contribution is 2.18. The third-order valence-corrected chi connectivity index (χ3v) is 7.56. The van der Waals surface area contributed by atoms with Gasteiger partial charge in [0, 0.05) is 6.42 Å². The second-order valence-electron chi connectivity index (χ2n) is 11.0. The maximum absolute atomic E-state index is 12.4. The molecule has 0 radical (unpaired) electrons. The lowest BCUT2D eigenvalue weighted by molar-refractivity contribution is -0.146. The van der Waals surface area contributed by atoms with Crippen LogP contribution < -0.4 is 0 Å². The van der Waals surface area contributed by atoms with Gasteiger partial charge in [0.05, 0.1) is 0 Å². The Bertz CT molecular complexity index is 460. The number of hydrogen-bond donors (Lipinski definition) is 1. The highest BCUT2D eigenvalue weighted by atomic mass is 16.4. The zero-order valence-electron chi connectivity index (χ0n) is 23.9. The summed E-state index contributed by atoms with van der Waals surface area (Å²) in [5.41, 5.74) is 0. The number of rotatable bonds is 29. The molecule has 0 amide bonds. The topological polar surface area (TPSA) is 54.4 Å². The lowest BCUT2D eigenvalue weighted by Gasteiger charge is -2.11. The van der Waals surface area contributed by atoms with E-state index in [2.05, 4.69) is 13.8 Å². The van der Waals surface area contributed by atoms with Gasteiger partial charge >= 0.3 is 5.97 Å². The van der Waals surface area contributed by atoms with Gasteiger partial charge in [-0.25, -0.2) is 0 Å². The zero-order chi connectivity index (χ0) is 25.8. The van der Waals surface area contributed by atoms with Crippen LogP contribution in [0.2, 0.25) is 0 Å². The summed E-state index contributed by atoms with van der Waals surface area (Å²) < 4.78 is 0. The smallest absolute Gasteiger partial charge is 0.314 e. The number of ketones is 1. The zero-order valence-corrected chi connectivity index (χ0v) is 23.9. The highest BCUT2D eigenvalue weighted by molar-refractivity contribution is 5.98. The van der Waals surface area contributed by atoms with E-state index in [1.807, 2.05) is 0 Å². The van der Waals surface area contributed by atoms with Crippen LogP contribution in [0.15, 0.2) is 0 Å². The van der Waals surface area contributed by atoms with Crippen molar-refractivity contribution in [2.45, 2.75) is 187 Å². The Morgan fingerprint density at radius 3 is 1.06 bits per heavy atom. The van der Waals surface area contributed by atoms with Gasteiger partial charge in [0.2, 0.25) is 0 Å². The fraction of sp³-hybridized carbons (Fsp3) is 0.938. The molecule has 0 spiro atoms. The second kappa shape index (κ2) is 27.7. The van der Waals surface area contributed by atoms with Crippen LogP contribution >= 0.6 is 0 Å². The van der Waals surface area contributed by atoms with Crippen LogP contribution in [0.3, 0.4) is 0 Å². The first-order valence-corrected chi connectivity index (χ1v) is 15.9.